The van der Waals surface area contributed by atoms with E-state index in [-0.39, 0.29) is 23.4 Å². The molecule has 20 heavy (non-hydrogen) atoms. The first-order valence-corrected chi connectivity index (χ1v) is 6.01. The fourth-order valence-electron chi connectivity index (χ4n) is 1.54. The van der Waals surface area contributed by atoms with Crippen LogP contribution in [0, 0.1) is 11.6 Å². The van der Waals surface area contributed by atoms with Gasteiger partial charge in [0.15, 0.2) is 0 Å². The zero-order valence-electron chi connectivity index (χ0n) is 10.2. The summed E-state index contributed by atoms with van der Waals surface area (Å²) >= 11 is 5.73. The molecule has 0 aliphatic rings. The molecule has 104 valence electrons. The molecular formula is C14H10ClF2NO2. The number of hydrogen-bond acceptors (Lipinski definition) is 3. The highest BCUT2D eigenvalue weighted by molar-refractivity contribution is 6.33. The zero-order chi connectivity index (χ0) is 14.7. The fraction of sp³-hybridized carbons (Fsp3) is 0.0714. The molecule has 0 fully saturated rings. The van der Waals surface area contributed by atoms with Gasteiger partial charge in [0, 0.05) is 11.6 Å². The number of carbonyl (C=O) groups is 1. The number of halogens is 3. The number of esters is 1. The Morgan fingerprint density at radius 3 is 2.60 bits per heavy atom. The fourth-order valence-corrected chi connectivity index (χ4v) is 1.65. The smallest absolute Gasteiger partial charge is 0.338 e. The van der Waals surface area contributed by atoms with Gasteiger partial charge in [0.05, 0.1) is 16.3 Å². The number of carbonyl (C=O) groups excluding carboxylic acids is 1. The lowest BCUT2D eigenvalue weighted by atomic mass is 10.2. The third kappa shape index (κ3) is 3.24. The third-order valence-electron chi connectivity index (χ3n) is 2.61. The Morgan fingerprint density at radius 2 is 1.95 bits per heavy atom. The molecule has 0 aliphatic heterocycles. The maximum atomic E-state index is 13.4. The van der Waals surface area contributed by atoms with Crippen molar-refractivity contribution < 1.29 is 18.3 Å². The minimum atomic E-state index is -0.770. The Kier molecular flexibility index (Phi) is 4.20. The first kappa shape index (κ1) is 14.3. The van der Waals surface area contributed by atoms with Crippen molar-refractivity contribution in [1.29, 1.82) is 0 Å². The second kappa shape index (κ2) is 5.88. The molecule has 0 saturated carbocycles. The topological polar surface area (TPSA) is 52.3 Å². The van der Waals surface area contributed by atoms with Gasteiger partial charge in [0.1, 0.15) is 18.2 Å². The van der Waals surface area contributed by atoms with Crippen LogP contribution >= 0.6 is 11.6 Å². The quantitative estimate of drug-likeness (QED) is 0.696. The molecule has 6 heteroatoms. The van der Waals surface area contributed by atoms with Gasteiger partial charge in [-0.2, -0.15) is 0 Å². The van der Waals surface area contributed by atoms with Gasteiger partial charge in [-0.15, -0.1) is 0 Å². The van der Waals surface area contributed by atoms with Crippen molar-refractivity contribution in [1.82, 2.24) is 0 Å². The van der Waals surface area contributed by atoms with Gasteiger partial charge in [0.2, 0.25) is 0 Å². The van der Waals surface area contributed by atoms with Crippen LogP contribution in [0.4, 0.5) is 14.5 Å². The highest BCUT2D eigenvalue weighted by Crippen LogP contribution is 2.20. The molecule has 0 spiro atoms. The number of anilines is 1. The van der Waals surface area contributed by atoms with Crippen LogP contribution in [0.3, 0.4) is 0 Å². The van der Waals surface area contributed by atoms with E-state index in [0.29, 0.717) is 5.02 Å². The molecule has 0 amide bonds. The van der Waals surface area contributed by atoms with Gasteiger partial charge in [-0.25, -0.2) is 13.6 Å². The summed E-state index contributed by atoms with van der Waals surface area (Å²) in [7, 11) is 0. The van der Waals surface area contributed by atoms with Gasteiger partial charge in [0.25, 0.3) is 0 Å². The minimum absolute atomic E-state index is 0.0849. The first-order valence-electron chi connectivity index (χ1n) is 5.63. The number of rotatable bonds is 3. The molecule has 2 aromatic rings. The monoisotopic (exact) mass is 297 g/mol. The summed E-state index contributed by atoms with van der Waals surface area (Å²) in [5.74, 6) is -2.13. The summed E-state index contributed by atoms with van der Waals surface area (Å²) in [6, 6.07) is 7.31. The molecule has 0 aliphatic carbocycles. The van der Waals surface area contributed by atoms with E-state index < -0.39 is 17.6 Å². The molecule has 2 rings (SSSR count). The molecular weight excluding hydrogens is 288 g/mol. The zero-order valence-corrected chi connectivity index (χ0v) is 11.0. The van der Waals surface area contributed by atoms with Gasteiger partial charge in [-0.1, -0.05) is 11.6 Å². The summed E-state index contributed by atoms with van der Waals surface area (Å²) < 4.78 is 31.0. The highest BCUT2D eigenvalue weighted by atomic mass is 35.5. The average molecular weight is 298 g/mol. The van der Waals surface area contributed by atoms with E-state index in [2.05, 4.69) is 0 Å². The number of benzene rings is 2. The van der Waals surface area contributed by atoms with Crippen LogP contribution in [0.15, 0.2) is 36.4 Å². The summed E-state index contributed by atoms with van der Waals surface area (Å²) in [5, 5.41) is 0.325. The van der Waals surface area contributed by atoms with Gasteiger partial charge in [-0.3, -0.25) is 0 Å². The van der Waals surface area contributed by atoms with Crippen molar-refractivity contribution >= 4 is 23.3 Å². The van der Waals surface area contributed by atoms with Crippen LogP contribution in [0.5, 0.6) is 0 Å². The van der Waals surface area contributed by atoms with Crippen molar-refractivity contribution in [2.24, 2.45) is 0 Å². The Hall–Kier alpha value is -2.14. The normalized spacial score (nSPS) is 10.3. The van der Waals surface area contributed by atoms with Crippen molar-refractivity contribution in [3.63, 3.8) is 0 Å². The maximum Gasteiger partial charge on any atom is 0.338 e. The molecule has 0 aromatic heterocycles. The third-order valence-corrected chi connectivity index (χ3v) is 2.95. The maximum absolute atomic E-state index is 13.4. The molecule has 0 atom stereocenters. The van der Waals surface area contributed by atoms with E-state index in [1.54, 1.807) is 0 Å². The molecule has 2 N–H and O–H groups in total. The number of ether oxygens (including phenoxy) is 1. The van der Waals surface area contributed by atoms with Gasteiger partial charge < -0.3 is 10.5 Å². The summed E-state index contributed by atoms with van der Waals surface area (Å²) in [4.78, 5) is 11.7. The lowest BCUT2D eigenvalue weighted by molar-refractivity contribution is 0.0469. The number of nitrogen functional groups attached to an aromatic ring is 1. The molecule has 3 nitrogen and oxygen atoms in total. The number of nitrogens with two attached hydrogens (primary N) is 1. The molecule has 0 bridgehead atoms. The van der Waals surface area contributed by atoms with E-state index in [1.807, 2.05) is 0 Å². The lowest BCUT2D eigenvalue weighted by Gasteiger charge is -2.07. The Labute approximate surface area is 118 Å². The lowest BCUT2D eigenvalue weighted by Crippen LogP contribution is -2.07. The largest absolute Gasteiger partial charge is 0.457 e. The van der Waals surface area contributed by atoms with Crippen LogP contribution in [0.2, 0.25) is 5.02 Å². The highest BCUT2D eigenvalue weighted by Gasteiger charge is 2.11. The molecule has 2 aromatic carbocycles. The Morgan fingerprint density at radius 1 is 1.20 bits per heavy atom. The summed E-state index contributed by atoms with van der Waals surface area (Å²) in [6.07, 6.45) is 0. The minimum Gasteiger partial charge on any atom is -0.457 e. The summed E-state index contributed by atoms with van der Waals surface area (Å²) in [5.41, 5.74) is 6.10. The molecule has 0 saturated heterocycles. The second-order valence-corrected chi connectivity index (χ2v) is 4.46. The predicted octanol–water partition coefficient (Wildman–Crippen LogP) is 3.56. The molecule has 0 unspecified atom stereocenters. The van der Waals surface area contributed by atoms with Crippen LogP contribution < -0.4 is 5.73 Å². The van der Waals surface area contributed by atoms with Gasteiger partial charge in [-0.05, 0) is 30.3 Å². The van der Waals surface area contributed by atoms with E-state index in [1.165, 1.54) is 24.3 Å². The average Bonchev–Trinajstić information content (AvgIpc) is 2.40. The van der Waals surface area contributed by atoms with Crippen molar-refractivity contribution in [2.75, 3.05) is 5.73 Å². The van der Waals surface area contributed by atoms with Crippen LogP contribution in [0.25, 0.3) is 0 Å². The van der Waals surface area contributed by atoms with Crippen molar-refractivity contribution in [3.05, 3.63) is 64.2 Å². The molecule has 0 radical (unpaired) electrons. The van der Waals surface area contributed by atoms with E-state index in [9.17, 15) is 13.6 Å². The Balaban J connectivity index is 2.06. The van der Waals surface area contributed by atoms with E-state index in [4.69, 9.17) is 22.1 Å². The standard InChI is InChI=1S/C14H10ClF2NO2/c15-11-4-2-8(5-13(11)18)14(19)20-7-9-1-3-10(16)6-12(9)17/h1-6H,7,18H2. The first-order chi connectivity index (χ1) is 9.47. The van der Waals surface area contributed by atoms with Crippen LogP contribution in [-0.4, -0.2) is 5.97 Å². The summed E-state index contributed by atoms with van der Waals surface area (Å²) in [6.45, 7) is -0.298. The SMILES string of the molecule is Nc1cc(C(=O)OCc2ccc(F)cc2F)ccc1Cl. The number of hydrogen-bond donors (Lipinski definition) is 1. The van der Waals surface area contributed by atoms with Crippen LogP contribution in [-0.2, 0) is 11.3 Å². The van der Waals surface area contributed by atoms with Crippen molar-refractivity contribution in [2.45, 2.75) is 6.61 Å². The van der Waals surface area contributed by atoms with E-state index in [0.717, 1.165) is 12.1 Å². The van der Waals surface area contributed by atoms with Crippen molar-refractivity contribution in [3.8, 4) is 0 Å². The van der Waals surface area contributed by atoms with Crippen LogP contribution in [0.1, 0.15) is 15.9 Å². The van der Waals surface area contributed by atoms with Gasteiger partial charge >= 0.3 is 5.97 Å². The predicted molar refractivity (Wildman–Crippen MR) is 71.3 cm³/mol. The molecule has 0 heterocycles. The van der Waals surface area contributed by atoms with E-state index >= 15 is 0 Å². The Bertz CT molecular complexity index is 662. The second-order valence-electron chi connectivity index (χ2n) is 4.05.